The first kappa shape index (κ1) is 18.3. The van der Waals surface area contributed by atoms with Crippen LogP contribution in [0.15, 0.2) is 11.1 Å². The lowest BCUT2D eigenvalue weighted by atomic mass is 9.86. The molecule has 3 heterocycles. The van der Waals surface area contributed by atoms with Crippen LogP contribution in [0.4, 0.5) is 0 Å². The molecule has 2 aliphatic heterocycles. The maximum absolute atomic E-state index is 12.9. The number of hydrogen-bond donors (Lipinski definition) is 2. The summed E-state index contributed by atoms with van der Waals surface area (Å²) in [6.07, 6.45) is 3.98. The van der Waals surface area contributed by atoms with Crippen LogP contribution in [-0.4, -0.2) is 59.6 Å². The van der Waals surface area contributed by atoms with Gasteiger partial charge in [0.1, 0.15) is 4.90 Å². The lowest BCUT2D eigenvalue weighted by molar-refractivity contribution is -0.119. The van der Waals surface area contributed by atoms with Crippen molar-refractivity contribution < 1.29 is 13.2 Å². The number of aromatic nitrogens is 2. The van der Waals surface area contributed by atoms with E-state index in [1.807, 2.05) is 6.92 Å². The molecule has 3 rings (SSSR count). The number of nitrogens with one attached hydrogen (secondary N) is 2. The topological polar surface area (TPSA) is 96.3 Å². The molecule has 0 saturated carbocycles. The van der Waals surface area contributed by atoms with Gasteiger partial charge in [0.15, 0.2) is 0 Å². The molecule has 0 aromatic carbocycles. The van der Waals surface area contributed by atoms with E-state index in [1.54, 1.807) is 22.1 Å². The Balaban J connectivity index is 1.67. The molecule has 2 aliphatic rings. The molecule has 0 aliphatic carbocycles. The van der Waals surface area contributed by atoms with E-state index in [9.17, 15) is 13.2 Å². The van der Waals surface area contributed by atoms with Gasteiger partial charge in [-0.1, -0.05) is 0 Å². The van der Waals surface area contributed by atoms with Crippen LogP contribution in [0.2, 0.25) is 0 Å². The van der Waals surface area contributed by atoms with Gasteiger partial charge in [0.2, 0.25) is 15.9 Å². The van der Waals surface area contributed by atoms with E-state index in [2.05, 4.69) is 15.7 Å². The highest BCUT2D eigenvalue weighted by Gasteiger charge is 2.43. The van der Waals surface area contributed by atoms with E-state index in [0.717, 1.165) is 25.8 Å². The van der Waals surface area contributed by atoms with Gasteiger partial charge in [-0.05, 0) is 33.1 Å². The van der Waals surface area contributed by atoms with Crippen molar-refractivity contribution in [3.8, 4) is 0 Å². The van der Waals surface area contributed by atoms with Crippen LogP contribution in [0.3, 0.4) is 0 Å². The maximum atomic E-state index is 12.9. The molecular weight excluding hydrogens is 342 g/mol. The van der Waals surface area contributed by atoms with Crippen LogP contribution in [0.5, 0.6) is 0 Å². The monoisotopic (exact) mass is 369 g/mol. The number of nitrogens with zero attached hydrogens (tertiary/aromatic N) is 3. The van der Waals surface area contributed by atoms with Gasteiger partial charge in [0.05, 0.1) is 5.69 Å². The van der Waals surface area contributed by atoms with Crippen molar-refractivity contribution in [1.82, 2.24) is 24.7 Å². The highest BCUT2D eigenvalue weighted by atomic mass is 32.2. The van der Waals surface area contributed by atoms with Gasteiger partial charge in [-0.25, -0.2) is 8.42 Å². The van der Waals surface area contributed by atoms with E-state index in [-0.39, 0.29) is 17.5 Å². The molecule has 1 aromatic heterocycles. The number of carbonyl (C=O) groups is 1. The molecule has 140 valence electrons. The average Bonchev–Trinajstić information content (AvgIpc) is 3.11. The van der Waals surface area contributed by atoms with Crippen molar-refractivity contribution >= 4 is 15.9 Å². The Bertz CT molecular complexity index is 750. The second kappa shape index (κ2) is 6.69. The van der Waals surface area contributed by atoms with Crippen molar-refractivity contribution in [2.45, 2.75) is 63.1 Å². The third-order valence-electron chi connectivity index (χ3n) is 5.29. The molecule has 0 unspecified atom stereocenters. The minimum absolute atomic E-state index is 0.0210. The van der Waals surface area contributed by atoms with Crippen molar-refractivity contribution in [3.05, 3.63) is 11.9 Å². The fourth-order valence-electron chi connectivity index (χ4n) is 3.93. The normalized spacial score (nSPS) is 23.9. The number of rotatable bonds is 4. The second-order valence-corrected chi connectivity index (χ2v) is 9.01. The van der Waals surface area contributed by atoms with Crippen molar-refractivity contribution in [2.24, 2.45) is 0 Å². The summed E-state index contributed by atoms with van der Waals surface area (Å²) in [5.74, 6) is -0.0210. The molecule has 2 saturated heterocycles. The van der Waals surface area contributed by atoms with Crippen molar-refractivity contribution in [2.75, 3.05) is 19.6 Å². The molecular formula is C16H27N5O3S. The molecule has 0 bridgehead atoms. The molecule has 25 heavy (non-hydrogen) atoms. The van der Waals surface area contributed by atoms with Crippen LogP contribution < -0.4 is 10.6 Å². The molecule has 1 atom stereocenters. The number of hydrogen-bond acceptors (Lipinski definition) is 5. The van der Waals surface area contributed by atoms with Crippen LogP contribution in [0.25, 0.3) is 0 Å². The fraction of sp³-hybridized carbons (Fsp3) is 0.750. The molecule has 1 spiro atoms. The summed E-state index contributed by atoms with van der Waals surface area (Å²) < 4.78 is 29.1. The summed E-state index contributed by atoms with van der Waals surface area (Å²) in [6.45, 7) is 7.56. The van der Waals surface area contributed by atoms with E-state index < -0.39 is 10.0 Å². The standard InChI is InChI=1S/C16H27N5O3S/c1-4-20-11-15(12(2)19-20)25(23,24)21-7-5-16(6-8-21)9-14(10-17-16)18-13(3)22/h11,14,17H,4-10H2,1-3H3,(H,18,22)/t14-/m1/s1. The first-order chi connectivity index (χ1) is 11.8. The van der Waals surface area contributed by atoms with Gasteiger partial charge < -0.3 is 10.6 Å². The summed E-state index contributed by atoms with van der Waals surface area (Å²) in [5.41, 5.74) is 0.480. The molecule has 9 heteroatoms. The summed E-state index contributed by atoms with van der Waals surface area (Å²) in [4.78, 5) is 11.5. The van der Waals surface area contributed by atoms with Crippen molar-refractivity contribution in [3.63, 3.8) is 0 Å². The number of piperidine rings is 1. The third-order valence-corrected chi connectivity index (χ3v) is 7.29. The lowest BCUT2D eigenvalue weighted by Gasteiger charge is -2.38. The molecule has 1 amide bonds. The first-order valence-electron chi connectivity index (χ1n) is 8.82. The van der Waals surface area contributed by atoms with Gasteiger partial charge in [-0.3, -0.25) is 9.48 Å². The quantitative estimate of drug-likeness (QED) is 0.792. The number of sulfonamides is 1. The van der Waals surface area contributed by atoms with Gasteiger partial charge in [0, 0.05) is 50.9 Å². The number of amides is 1. The Hall–Kier alpha value is -1.45. The zero-order valence-electron chi connectivity index (χ0n) is 15.1. The Labute approximate surface area is 149 Å². The van der Waals surface area contributed by atoms with Crippen LogP contribution in [-0.2, 0) is 21.4 Å². The SMILES string of the molecule is CCn1cc(S(=O)(=O)N2CCC3(CC2)C[C@@H](NC(C)=O)CN3)c(C)n1. The Kier molecular flexibility index (Phi) is 4.91. The van der Waals surface area contributed by atoms with E-state index in [1.165, 1.54) is 6.92 Å². The van der Waals surface area contributed by atoms with Gasteiger partial charge in [-0.15, -0.1) is 0 Å². The van der Waals surface area contributed by atoms with Gasteiger partial charge in [-0.2, -0.15) is 9.40 Å². The predicted octanol–water partition coefficient (Wildman–Crippen LogP) is 0.233. The molecule has 2 fully saturated rings. The van der Waals surface area contributed by atoms with Crippen LogP contribution in [0, 0.1) is 6.92 Å². The van der Waals surface area contributed by atoms with Crippen molar-refractivity contribution in [1.29, 1.82) is 0 Å². The van der Waals surface area contributed by atoms with E-state index in [0.29, 0.717) is 30.2 Å². The number of aryl methyl sites for hydroxylation is 2. The molecule has 1 aromatic rings. The summed E-state index contributed by atoms with van der Waals surface area (Å²) in [6, 6.07) is 0.130. The minimum Gasteiger partial charge on any atom is -0.352 e. The Morgan fingerprint density at radius 3 is 2.68 bits per heavy atom. The smallest absolute Gasteiger partial charge is 0.246 e. The maximum Gasteiger partial charge on any atom is 0.246 e. The van der Waals surface area contributed by atoms with Gasteiger partial charge in [0.25, 0.3) is 0 Å². The van der Waals surface area contributed by atoms with Crippen LogP contribution in [0.1, 0.15) is 38.8 Å². The molecule has 8 nitrogen and oxygen atoms in total. The second-order valence-electron chi connectivity index (χ2n) is 7.10. The summed E-state index contributed by atoms with van der Waals surface area (Å²) in [7, 11) is -3.51. The van der Waals surface area contributed by atoms with Crippen LogP contribution >= 0.6 is 0 Å². The first-order valence-corrected chi connectivity index (χ1v) is 10.3. The Morgan fingerprint density at radius 2 is 2.12 bits per heavy atom. The predicted molar refractivity (Wildman–Crippen MR) is 93.6 cm³/mol. The Morgan fingerprint density at radius 1 is 1.44 bits per heavy atom. The largest absolute Gasteiger partial charge is 0.352 e. The highest BCUT2D eigenvalue weighted by molar-refractivity contribution is 7.89. The van der Waals surface area contributed by atoms with E-state index >= 15 is 0 Å². The highest BCUT2D eigenvalue weighted by Crippen LogP contribution is 2.33. The number of carbonyl (C=O) groups excluding carboxylic acids is 1. The van der Waals surface area contributed by atoms with Gasteiger partial charge >= 0.3 is 0 Å². The third kappa shape index (κ3) is 3.58. The lowest BCUT2D eigenvalue weighted by Crippen LogP contribution is -2.51. The fourth-order valence-corrected chi connectivity index (χ4v) is 5.55. The zero-order valence-corrected chi connectivity index (χ0v) is 15.9. The molecule has 2 N–H and O–H groups in total. The zero-order chi connectivity index (χ0) is 18.2. The summed E-state index contributed by atoms with van der Waals surface area (Å²) >= 11 is 0. The minimum atomic E-state index is -3.51. The average molecular weight is 369 g/mol. The molecule has 0 radical (unpaired) electrons. The van der Waals surface area contributed by atoms with E-state index in [4.69, 9.17) is 0 Å². The summed E-state index contributed by atoms with van der Waals surface area (Å²) in [5, 5.41) is 10.7.